The van der Waals surface area contributed by atoms with E-state index in [0.717, 1.165) is 31.5 Å². The zero-order valence-corrected chi connectivity index (χ0v) is 20.4. The summed E-state index contributed by atoms with van der Waals surface area (Å²) in [6.45, 7) is 2.98. The summed E-state index contributed by atoms with van der Waals surface area (Å²) >= 11 is 18.6. The molecule has 2 aromatic heterocycles. The molecule has 5 rings (SSSR count). The molecule has 4 aromatic rings. The largest absolute Gasteiger partial charge is 0.350 e. The van der Waals surface area contributed by atoms with E-state index in [4.69, 9.17) is 39.8 Å². The van der Waals surface area contributed by atoms with Crippen LogP contribution in [0.5, 0.6) is 0 Å². The van der Waals surface area contributed by atoms with Crippen LogP contribution in [0, 0.1) is 11.7 Å². The number of aromatic nitrogens is 4. The van der Waals surface area contributed by atoms with E-state index in [1.807, 2.05) is 16.7 Å². The minimum absolute atomic E-state index is 0.272. The second-order valence-electron chi connectivity index (χ2n) is 8.39. The van der Waals surface area contributed by atoms with Crippen molar-refractivity contribution < 1.29 is 4.39 Å². The third-order valence-electron chi connectivity index (χ3n) is 5.89. The number of fused-ring (bicyclic) bond motifs is 1. The fourth-order valence-electron chi connectivity index (χ4n) is 4.31. The number of nitrogens with one attached hydrogen (secondary N) is 2. The van der Waals surface area contributed by atoms with Crippen LogP contribution in [0.3, 0.4) is 0 Å². The predicted octanol–water partition coefficient (Wildman–Crippen LogP) is 6.20. The molecular formula is C24H22Cl3FN6. The van der Waals surface area contributed by atoms with E-state index >= 15 is 0 Å². The van der Waals surface area contributed by atoms with Gasteiger partial charge in [-0.15, -0.1) is 0 Å². The van der Waals surface area contributed by atoms with E-state index in [1.165, 1.54) is 6.07 Å². The van der Waals surface area contributed by atoms with Crippen molar-refractivity contribution >= 4 is 51.9 Å². The lowest BCUT2D eigenvalue weighted by Crippen LogP contribution is -2.32. The molecule has 176 valence electrons. The van der Waals surface area contributed by atoms with E-state index < -0.39 is 5.82 Å². The standard InChI is InChI=1S/C24H22Cl3FN6/c25-16-7-15(8-17(26)9-16)11-30-24-31-12-20-22(33-24)34(13-14-3-2-6-29-10-14)23(32-20)21-18(27)4-1-5-19(21)28/h1,4-5,7-9,12,14,29H,2-3,6,10-11,13H2,(H,30,31,33)/t14-/m1/s1. The molecule has 0 amide bonds. The van der Waals surface area contributed by atoms with Gasteiger partial charge >= 0.3 is 0 Å². The average Bonchev–Trinajstić information content (AvgIpc) is 3.15. The van der Waals surface area contributed by atoms with Gasteiger partial charge in [-0.3, -0.25) is 0 Å². The Hall–Kier alpha value is -2.45. The van der Waals surface area contributed by atoms with E-state index in [-0.39, 0.29) is 5.56 Å². The first-order chi connectivity index (χ1) is 16.5. The Balaban J connectivity index is 1.53. The summed E-state index contributed by atoms with van der Waals surface area (Å²) in [5.74, 6) is 0.833. The maximum atomic E-state index is 14.9. The topological polar surface area (TPSA) is 67.7 Å². The van der Waals surface area contributed by atoms with Crippen LogP contribution < -0.4 is 10.6 Å². The van der Waals surface area contributed by atoms with E-state index in [0.29, 0.717) is 57.0 Å². The minimum atomic E-state index is -0.421. The van der Waals surface area contributed by atoms with Gasteiger partial charge in [0.05, 0.1) is 16.8 Å². The first kappa shape index (κ1) is 23.3. The Labute approximate surface area is 211 Å². The molecular weight excluding hydrogens is 498 g/mol. The predicted molar refractivity (Wildman–Crippen MR) is 135 cm³/mol. The van der Waals surface area contributed by atoms with Crippen molar-refractivity contribution in [3.63, 3.8) is 0 Å². The summed E-state index contributed by atoms with van der Waals surface area (Å²) in [5.41, 5.74) is 2.38. The third kappa shape index (κ3) is 4.98. The Morgan fingerprint density at radius 1 is 1.12 bits per heavy atom. The van der Waals surface area contributed by atoms with Crippen LogP contribution in [-0.2, 0) is 13.1 Å². The highest BCUT2D eigenvalue weighted by Crippen LogP contribution is 2.33. The highest BCUT2D eigenvalue weighted by molar-refractivity contribution is 6.34. The van der Waals surface area contributed by atoms with Crippen LogP contribution in [-0.4, -0.2) is 32.6 Å². The van der Waals surface area contributed by atoms with Crippen molar-refractivity contribution in [2.24, 2.45) is 5.92 Å². The normalized spacial score (nSPS) is 16.2. The summed E-state index contributed by atoms with van der Waals surface area (Å²) in [6.07, 6.45) is 3.81. The summed E-state index contributed by atoms with van der Waals surface area (Å²) in [5, 5.41) is 8.08. The molecule has 0 bridgehead atoms. The molecule has 0 spiro atoms. The van der Waals surface area contributed by atoms with Gasteiger partial charge in [-0.25, -0.2) is 14.4 Å². The first-order valence-electron chi connectivity index (χ1n) is 11.0. The number of rotatable bonds is 6. The third-order valence-corrected chi connectivity index (χ3v) is 6.64. The van der Waals surface area contributed by atoms with Crippen molar-refractivity contribution in [3.05, 3.63) is 69.0 Å². The summed E-state index contributed by atoms with van der Waals surface area (Å²) in [4.78, 5) is 13.8. The Morgan fingerprint density at radius 2 is 1.94 bits per heavy atom. The first-order valence-corrected chi connectivity index (χ1v) is 12.2. The zero-order chi connectivity index (χ0) is 23.7. The van der Waals surface area contributed by atoms with Crippen molar-refractivity contribution in [3.8, 4) is 11.4 Å². The van der Waals surface area contributed by atoms with Gasteiger partial charge in [-0.2, -0.15) is 4.98 Å². The molecule has 34 heavy (non-hydrogen) atoms. The molecule has 0 saturated carbocycles. The number of nitrogens with zero attached hydrogens (tertiary/aromatic N) is 4. The minimum Gasteiger partial charge on any atom is -0.350 e. The lowest BCUT2D eigenvalue weighted by molar-refractivity contribution is 0.341. The number of anilines is 1. The van der Waals surface area contributed by atoms with Crippen LogP contribution in [0.25, 0.3) is 22.6 Å². The number of hydrogen-bond acceptors (Lipinski definition) is 5. The van der Waals surface area contributed by atoms with Crippen LogP contribution in [0.1, 0.15) is 18.4 Å². The number of halogens is 4. The van der Waals surface area contributed by atoms with E-state index in [9.17, 15) is 4.39 Å². The second-order valence-corrected chi connectivity index (χ2v) is 9.67. The summed E-state index contributed by atoms with van der Waals surface area (Å²) < 4.78 is 16.8. The molecule has 10 heteroatoms. The SMILES string of the molecule is Fc1cccc(Cl)c1-c1nc2cnc(NCc3cc(Cl)cc(Cl)c3)nc2n1C[C@@H]1CCCNC1. The second kappa shape index (κ2) is 10.0. The lowest BCUT2D eigenvalue weighted by atomic mass is 9.99. The van der Waals surface area contributed by atoms with Crippen LogP contribution in [0.15, 0.2) is 42.6 Å². The Kier molecular flexibility index (Phi) is 6.88. The maximum Gasteiger partial charge on any atom is 0.225 e. The molecule has 1 aliphatic heterocycles. The number of hydrogen-bond donors (Lipinski definition) is 2. The molecule has 1 fully saturated rings. The van der Waals surface area contributed by atoms with Gasteiger partial charge in [0.2, 0.25) is 5.95 Å². The van der Waals surface area contributed by atoms with Gasteiger partial charge in [-0.1, -0.05) is 40.9 Å². The Bertz CT molecular complexity index is 1300. The van der Waals surface area contributed by atoms with Gasteiger partial charge in [0.15, 0.2) is 5.65 Å². The summed E-state index contributed by atoms with van der Waals surface area (Å²) in [7, 11) is 0. The van der Waals surface area contributed by atoms with Crippen molar-refractivity contribution in [1.29, 1.82) is 0 Å². The monoisotopic (exact) mass is 518 g/mol. The maximum absolute atomic E-state index is 14.9. The van der Waals surface area contributed by atoms with Crippen LogP contribution >= 0.6 is 34.8 Å². The van der Waals surface area contributed by atoms with E-state index in [1.54, 1.807) is 24.4 Å². The molecule has 6 nitrogen and oxygen atoms in total. The number of benzene rings is 2. The van der Waals surface area contributed by atoms with Crippen molar-refractivity contribution in [1.82, 2.24) is 24.8 Å². The highest BCUT2D eigenvalue weighted by atomic mass is 35.5. The fourth-order valence-corrected chi connectivity index (χ4v) is 5.13. The molecule has 1 atom stereocenters. The number of piperidine rings is 1. The molecule has 1 aliphatic rings. The molecule has 3 heterocycles. The van der Waals surface area contributed by atoms with Crippen molar-refractivity contribution in [2.45, 2.75) is 25.9 Å². The molecule has 0 aliphatic carbocycles. The molecule has 1 saturated heterocycles. The average molecular weight is 520 g/mol. The van der Waals surface area contributed by atoms with Gasteiger partial charge in [0.25, 0.3) is 0 Å². The lowest BCUT2D eigenvalue weighted by Gasteiger charge is -2.24. The smallest absolute Gasteiger partial charge is 0.225 e. The highest BCUT2D eigenvalue weighted by Gasteiger charge is 2.23. The zero-order valence-electron chi connectivity index (χ0n) is 18.2. The molecule has 2 aromatic carbocycles. The summed E-state index contributed by atoms with van der Waals surface area (Å²) in [6, 6.07) is 9.99. The van der Waals surface area contributed by atoms with Gasteiger partial charge in [-0.05, 0) is 67.7 Å². The Morgan fingerprint density at radius 3 is 2.68 bits per heavy atom. The van der Waals surface area contributed by atoms with Crippen LogP contribution in [0.2, 0.25) is 15.1 Å². The molecule has 0 unspecified atom stereocenters. The number of imidazole rings is 1. The van der Waals surface area contributed by atoms with Gasteiger partial charge in [0, 0.05) is 23.1 Å². The molecule has 0 radical (unpaired) electrons. The van der Waals surface area contributed by atoms with Crippen LogP contribution in [0.4, 0.5) is 10.3 Å². The van der Waals surface area contributed by atoms with Gasteiger partial charge < -0.3 is 15.2 Å². The fraction of sp³-hybridized carbons (Fsp3) is 0.292. The van der Waals surface area contributed by atoms with E-state index in [2.05, 4.69) is 20.6 Å². The van der Waals surface area contributed by atoms with Gasteiger partial charge in [0.1, 0.15) is 17.2 Å². The van der Waals surface area contributed by atoms with Crippen molar-refractivity contribution in [2.75, 3.05) is 18.4 Å². The molecule has 2 N–H and O–H groups in total. The quantitative estimate of drug-likeness (QED) is 0.317.